The van der Waals surface area contributed by atoms with E-state index in [1.165, 1.54) is 19.4 Å². The average molecular weight is 342 g/mol. The van der Waals surface area contributed by atoms with E-state index in [1.807, 2.05) is 6.07 Å². The van der Waals surface area contributed by atoms with E-state index in [2.05, 4.69) is 10.6 Å². The summed E-state index contributed by atoms with van der Waals surface area (Å²) in [7, 11) is 2.88. The molecule has 2 N–H and O–H groups in total. The van der Waals surface area contributed by atoms with Crippen molar-refractivity contribution >= 4 is 11.6 Å². The van der Waals surface area contributed by atoms with Crippen LogP contribution in [0.1, 0.15) is 27.6 Å². The van der Waals surface area contributed by atoms with Crippen molar-refractivity contribution in [3.8, 4) is 0 Å². The van der Waals surface area contributed by atoms with E-state index in [9.17, 15) is 9.90 Å². The summed E-state index contributed by atoms with van der Waals surface area (Å²) in [6, 6.07) is 15.6. The Bertz CT molecular complexity index is 781. The van der Waals surface area contributed by atoms with Crippen molar-refractivity contribution < 1.29 is 19.6 Å². The highest BCUT2D eigenvalue weighted by atomic mass is 16.9. The number of carbonyl (C=O) groups excluding carboxylic acids is 1. The van der Waals surface area contributed by atoms with E-state index in [0.717, 1.165) is 5.28 Å². The lowest BCUT2D eigenvalue weighted by molar-refractivity contribution is -0.364. The van der Waals surface area contributed by atoms with Crippen LogP contribution >= 0.6 is 0 Å². The third-order valence-corrected chi connectivity index (χ3v) is 3.73. The summed E-state index contributed by atoms with van der Waals surface area (Å²) >= 11 is 0. The van der Waals surface area contributed by atoms with Crippen molar-refractivity contribution in [2.75, 3.05) is 14.2 Å². The molecular formula is C17H18N4O4. The largest absolute Gasteiger partial charge is 0.380 e. The molecule has 130 valence electrons. The second-order valence-corrected chi connectivity index (χ2v) is 5.17. The van der Waals surface area contributed by atoms with Crippen LogP contribution in [0.3, 0.4) is 0 Å². The number of hydrazone groups is 1. The minimum Gasteiger partial charge on any atom is -0.380 e. The number of benzene rings is 2. The van der Waals surface area contributed by atoms with Crippen LogP contribution in [0.2, 0.25) is 0 Å². The van der Waals surface area contributed by atoms with Crippen LogP contribution in [0.25, 0.3) is 0 Å². The van der Waals surface area contributed by atoms with Crippen LogP contribution in [0.5, 0.6) is 0 Å². The maximum atomic E-state index is 12.8. The van der Waals surface area contributed by atoms with Gasteiger partial charge in [-0.15, -0.1) is 10.3 Å². The van der Waals surface area contributed by atoms with Gasteiger partial charge in [0.25, 0.3) is 0 Å². The lowest BCUT2D eigenvalue weighted by Gasteiger charge is -2.24. The summed E-state index contributed by atoms with van der Waals surface area (Å²) in [5.74, 6) is -0.106. The molecule has 1 aliphatic heterocycles. The molecule has 8 nitrogen and oxygen atoms in total. The molecule has 0 amide bonds. The normalized spacial score (nSPS) is 15.6. The summed E-state index contributed by atoms with van der Waals surface area (Å²) < 4.78 is 0. The summed E-state index contributed by atoms with van der Waals surface area (Å²) in [5, 5.41) is 17.0. The van der Waals surface area contributed by atoms with E-state index in [-0.39, 0.29) is 0 Å². The van der Waals surface area contributed by atoms with Crippen LogP contribution in [-0.4, -0.2) is 41.4 Å². The van der Waals surface area contributed by atoms with Crippen LogP contribution < -0.4 is 5.53 Å². The first-order valence-corrected chi connectivity index (χ1v) is 7.55. The summed E-state index contributed by atoms with van der Waals surface area (Å²) in [6.07, 6.45) is -1.27. The Kier molecular flexibility index (Phi) is 5.05. The monoisotopic (exact) mass is 342 g/mol. The number of carbonyl (C=O) groups is 1. The Morgan fingerprint density at radius 3 is 2.44 bits per heavy atom. The number of hydrazine groups is 2. The van der Waals surface area contributed by atoms with Gasteiger partial charge in [0.2, 0.25) is 5.84 Å². The Morgan fingerprint density at radius 1 is 1.08 bits per heavy atom. The molecule has 8 heteroatoms. The number of Topliss-reactive ketones (excluding diaryl/α,β-unsaturated/α-hetero) is 1. The summed E-state index contributed by atoms with van der Waals surface area (Å²) in [4.78, 5) is 23.1. The van der Waals surface area contributed by atoms with Crippen molar-refractivity contribution in [1.82, 2.24) is 16.0 Å². The Hall–Kier alpha value is -2.78. The molecule has 0 spiro atoms. The van der Waals surface area contributed by atoms with E-state index in [0.29, 0.717) is 22.5 Å². The number of hydrogen-bond donors (Lipinski definition) is 2. The zero-order valence-corrected chi connectivity index (χ0v) is 13.8. The second-order valence-electron chi connectivity index (χ2n) is 5.17. The second kappa shape index (κ2) is 7.41. The number of aliphatic hydroxyl groups excluding tert-OH is 1. The highest BCUT2D eigenvalue weighted by Gasteiger charge is 2.32. The molecule has 0 fully saturated rings. The van der Waals surface area contributed by atoms with Gasteiger partial charge in [0.05, 0.1) is 14.2 Å². The van der Waals surface area contributed by atoms with Crippen molar-refractivity contribution in [2.24, 2.45) is 5.10 Å². The number of amidine groups is 1. The number of nitrogens with one attached hydrogen (secondary N) is 1. The van der Waals surface area contributed by atoms with Gasteiger partial charge >= 0.3 is 0 Å². The fourth-order valence-corrected chi connectivity index (χ4v) is 2.53. The Labute approximate surface area is 144 Å². The van der Waals surface area contributed by atoms with Crippen molar-refractivity contribution in [3.05, 3.63) is 71.3 Å². The van der Waals surface area contributed by atoms with Crippen molar-refractivity contribution in [3.63, 3.8) is 0 Å². The maximum absolute atomic E-state index is 12.8. The smallest absolute Gasteiger partial charge is 0.204 e. The zero-order valence-electron chi connectivity index (χ0n) is 13.8. The Balaban J connectivity index is 1.95. The molecule has 2 aromatic rings. The standard InChI is InChI=1S/C17H18N4O4/c1-24-20-17(18-19-21(20)25-2)14-11-7-6-10-13(14)16(23)15(22)12-8-4-3-5-9-12/h3-11,15,19,22H,1-2H3. The molecule has 1 aliphatic rings. The number of ketones is 1. The molecule has 0 aromatic heterocycles. The van der Waals surface area contributed by atoms with E-state index < -0.39 is 11.9 Å². The van der Waals surface area contributed by atoms with Gasteiger partial charge < -0.3 is 5.11 Å². The number of hydroxylamine groups is 1. The minimum absolute atomic E-state index is 0.319. The fraction of sp³-hybridized carbons (Fsp3) is 0.176. The van der Waals surface area contributed by atoms with Gasteiger partial charge in [0.1, 0.15) is 6.10 Å². The predicted molar refractivity (Wildman–Crippen MR) is 89.5 cm³/mol. The maximum Gasteiger partial charge on any atom is 0.204 e. The van der Waals surface area contributed by atoms with E-state index in [1.54, 1.807) is 48.5 Å². The van der Waals surface area contributed by atoms with Gasteiger partial charge in [-0.05, 0) is 5.56 Å². The number of hydrogen-bond acceptors (Lipinski definition) is 8. The van der Waals surface area contributed by atoms with Gasteiger partial charge in [0, 0.05) is 16.4 Å². The van der Waals surface area contributed by atoms with Crippen LogP contribution in [0, 0.1) is 0 Å². The lowest BCUT2D eigenvalue weighted by atomic mass is 9.96. The molecule has 0 aliphatic carbocycles. The molecule has 1 heterocycles. The lowest BCUT2D eigenvalue weighted by Crippen LogP contribution is -2.44. The highest BCUT2D eigenvalue weighted by molar-refractivity contribution is 6.11. The van der Waals surface area contributed by atoms with Crippen LogP contribution in [0.15, 0.2) is 59.7 Å². The predicted octanol–water partition coefficient (Wildman–Crippen LogP) is 1.42. The van der Waals surface area contributed by atoms with Gasteiger partial charge in [-0.2, -0.15) is 5.53 Å². The minimum atomic E-state index is -1.27. The van der Waals surface area contributed by atoms with Crippen LogP contribution in [-0.2, 0) is 9.68 Å². The van der Waals surface area contributed by atoms with Gasteiger partial charge in [-0.1, -0.05) is 54.6 Å². The van der Waals surface area contributed by atoms with Gasteiger partial charge in [0.15, 0.2) is 5.78 Å². The molecule has 0 radical (unpaired) electrons. The molecule has 1 unspecified atom stereocenters. The van der Waals surface area contributed by atoms with E-state index >= 15 is 0 Å². The number of nitrogens with zero attached hydrogens (tertiary/aromatic N) is 3. The first-order valence-electron chi connectivity index (χ1n) is 7.55. The first-order chi connectivity index (χ1) is 12.2. The molecule has 3 rings (SSSR count). The SMILES string of the molecule is CON1NN=C(c2ccccc2C(=O)C(O)c2ccccc2)N1OC. The fourth-order valence-electron chi connectivity index (χ4n) is 2.53. The van der Waals surface area contributed by atoms with Crippen molar-refractivity contribution in [1.29, 1.82) is 0 Å². The summed E-state index contributed by atoms with van der Waals surface area (Å²) in [6.45, 7) is 0. The quantitative estimate of drug-likeness (QED) is 0.768. The topological polar surface area (TPSA) is 86.6 Å². The highest BCUT2D eigenvalue weighted by Crippen LogP contribution is 2.23. The first kappa shape index (κ1) is 17.1. The molecule has 0 saturated carbocycles. The van der Waals surface area contributed by atoms with E-state index in [4.69, 9.17) is 9.68 Å². The van der Waals surface area contributed by atoms with Gasteiger partial charge in [-0.3, -0.25) is 14.5 Å². The molecule has 2 aromatic carbocycles. The molecule has 25 heavy (non-hydrogen) atoms. The third kappa shape index (κ3) is 3.24. The van der Waals surface area contributed by atoms with Crippen LogP contribution in [0.4, 0.5) is 0 Å². The third-order valence-electron chi connectivity index (χ3n) is 3.73. The summed E-state index contributed by atoms with van der Waals surface area (Å²) in [5.41, 5.74) is 3.95. The number of aliphatic hydroxyl groups is 1. The number of rotatable bonds is 6. The van der Waals surface area contributed by atoms with Gasteiger partial charge in [-0.25, -0.2) is 0 Å². The molecule has 0 saturated heterocycles. The molecule has 0 bridgehead atoms. The average Bonchev–Trinajstić information content (AvgIpc) is 3.10. The Morgan fingerprint density at radius 2 is 1.76 bits per heavy atom. The molecule has 1 atom stereocenters. The molecular weight excluding hydrogens is 324 g/mol. The zero-order chi connectivity index (χ0) is 17.8. The van der Waals surface area contributed by atoms with Crippen molar-refractivity contribution in [2.45, 2.75) is 6.10 Å².